The summed E-state index contributed by atoms with van der Waals surface area (Å²) >= 11 is 0. The summed E-state index contributed by atoms with van der Waals surface area (Å²) in [5, 5.41) is 2.69. The van der Waals surface area contributed by atoms with Crippen LogP contribution in [0.3, 0.4) is 0 Å². The van der Waals surface area contributed by atoms with Crippen LogP contribution in [0.4, 0.5) is 5.69 Å². The number of para-hydroxylation sites is 1. The van der Waals surface area contributed by atoms with Gasteiger partial charge in [0.1, 0.15) is 0 Å². The molecule has 0 aliphatic rings. The number of amides is 2. The normalized spacial score (nSPS) is 10.5. The van der Waals surface area contributed by atoms with Gasteiger partial charge in [-0.15, -0.1) is 0 Å². The number of hydrogen-bond donors (Lipinski definition) is 3. The third-order valence-corrected chi connectivity index (χ3v) is 3.12. The van der Waals surface area contributed by atoms with E-state index in [1.54, 1.807) is 48.8 Å². The Morgan fingerprint density at radius 3 is 2.76 bits per heavy atom. The molecule has 1 heterocycles. The lowest BCUT2D eigenvalue weighted by Crippen LogP contribution is -2.18. The summed E-state index contributed by atoms with van der Waals surface area (Å²) in [6.07, 6.45) is 1.56. The Labute approximate surface area is 120 Å². The number of aromatic nitrogens is 2. The molecule has 0 saturated carbocycles. The van der Waals surface area contributed by atoms with E-state index in [0.29, 0.717) is 11.3 Å². The number of primary amides is 1. The van der Waals surface area contributed by atoms with E-state index < -0.39 is 5.91 Å². The zero-order valence-electron chi connectivity index (χ0n) is 11.0. The molecule has 6 nitrogen and oxygen atoms in total. The van der Waals surface area contributed by atoms with Gasteiger partial charge in [0.05, 0.1) is 28.6 Å². The summed E-state index contributed by atoms with van der Waals surface area (Å²) in [6.45, 7) is 0. The average molecular weight is 280 g/mol. The molecule has 4 N–H and O–H groups in total. The summed E-state index contributed by atoms with van der Waals surface area (Å²) < 4.78 is 0. The number of H-pyrrole nitrogens is 1. The van der Waals surface area contributed by atoms with Crippen molar-refractivity contribution < 1.29 is 9.59 Å². The van der Waals surface area contributed by atoms with Crippen LogP contribution in [0, 0.1) is 0 Å². The number of benzene rings is 2. The minimum absolute atomic E-state index is 0.272. The quantitative estimate of drug-likeness (QED) is 0.683. The van der Waals surface area contributed by atoms with Gasteiger partial charge in [-0.25, -0.2) is 4.98 Å². The SMILES string of the molecule is NC(=O)c1ccccc1NC(=O)c1ccc2nc[nH]c2c1. The standard InChI is InChI=1S/C15H12N4O2/c16-14(20)10-3-1-2-4-11(10)19-15(21)9-5-6-12-13(7-9)18-8-17-12/h1-8H,(H2,16,20)(H,17,18)(H,19,21). The molecule has 0 radical (unpaired) electrons. The van der Waals surface area contributed by atoms with Crippen LogP contribution < -0.4 is 11.1 Å². The second-order valence-electron chi connectivity index (χ2n) is 4.50. The Morgan fingerprint density at radius 2 is 1.95 bits per heavy atom. The van der Waals surface area contributed by atoms with Crippen LogP contribution in [0.15, 0.2) is 48.8 Å². The lowest BCUT2D eigenvalue weighted by molar-refractivity contribution is 0.100. The van der Waals surface area contributed by atoms with E-state index in [2.05, 4.69) is 15.3 Å². The predicted molar refractivity (Wildman–Crippen MR) is 79.0 cm³/mol. The molecule has 0 saturated heterocycles. The highest BCUT2D eigenvalue weighted by Gasteiger charge is 2.12. The van der Waals surface area contributed by atoms with Gasteiger partial charge < -0.3 is 16.0 Å². The van der Waals surface area contributed by atoms with Crippen LogP contribution in [0.1, 0.15) is 20.7 Å². The van der Waals surface area contributed by atoms with Gasteiger partial charge in [0.2, 0.25) is 0 Å². The lowest BCUT2D eigenvalue weighted by atomic mass is 10.1. The molecule has 0 spiro atoms. The molecule has 0 unspecified atom stereocenters. The molecule has 3 aromatic rings. The van der Waals surface area contributed by atoms with E-state index in [0.717, 1.165) is 11.0 Å². The number of hydrogen-bond acceptors (Lipinski definition) is 3. The number of nitrogens with two attached hydrogens (primary N) is 1. The molecule has 0 aliphatic carbocycles. The fraction of sp³-hybridized carbons (Fsp3) is 0. The number of nitrogens with zero attached hydrogens (tertiary/aromatic N) is 1. The van der Waals surface area contributed by atoms with Gasteiger partial charge >= 0.3 is 0 Å². The number of aromatic amines is 1. The number of imidazole rings is 1. The van der Waals surface area contributed by atoms with Crippen LogP contribution >= 0.6 is 0 Å². The average Bonchev–Trinajstić information content (AvgIpc) is 2.94. The molecule has 2 aromatic carbocycles. The van der Waals surface area contributed by atoms with Crippen LogP contribution in [0.2, 0.25) is 0 Å². The summed E-state index contributed by atoms with van der Waals surface area (Å²) in [7, 11) is 0. The molecule has 0 bridgehead atoms. The maximum absolute atomic E-state index is 12.3. The second-order valence-corrected chi connectivity index (χ2v) is 4.50. The van der Waals surface area contributed by atoms with Crippen molar-refractivity contribution in [2.45, 2.75) is 0 Å². The summed E-state index contributed by atoms with van der Waals surface area (Å²) in [6, 6.07) is 11.7. The highest BCUT2D eigenvalue weighted by molar-refractivity contribution is 6.09. The predicted octanol–water partition coefficient (Wildman–Crippen LogP) is 1.91. The van der Waals surface area contributed by atoms with Crippen LogP contribution in [-0.2, 0) is 0 Å². The van der Waals surface area contributed by atoms with Crippen molar-refractivity contribution in [1.82, 2.24) is 9.97 Å². The summed E-state index contributed by atoms with van der Waals surface area (Å²) in [4.78, 5) is 30.6. The Hall–Kier alpha value is -3.15. The van der Waals surface area contributed by atoms with Gasteiger partial charge in [0, 0.05) is 5.56 Å². The van der Waals surface area contributed by atoms with Gasteiger partial charge in [-0.2, -0.15) is 0 Å². The minimum atomic E-state index is -0.588. The maximum atomic E-state index is 12.3. The topological polar surface area (TPSA) is 101 Å². The molecule has 1 aromatic heterocycles. The Morgan fingerprint density at radius 1 is 1.14 bits per heavy atom. The third kappa shape index (κ3) is 2.46. The Kier molecular flexibility index (Phi) is 3.12. The smallest absolute Gasteiger partial charge is 0.255 e. The van der Waals surface area contributed by atoms with Crippen LogP contribution in [0.5, 0.6) is 0 Å². The van der Waals surface area contributed by atoms with Crippen molar-refractivity contribution in [3.8, 4) is 0 Å². The van der Waals surface area contributed by atoms with Gasteiger partial charge in [-0.05, 0) is 30.3 Å². The molecule has 3 rings (SSSR count). The van der Waals surface area contributed by atoms with E-state index in [9.17, 15) is 9.59 Å². The molecule has 6 heteroatoms. The largest absolute Gasteiger partial charge is 0.366 e. The number of anilines is 1. The number of carbonyl (C=O) groups excluding carboxylic acids is 2. The molecular weight excluding hydrogens is 268 g/mol. The third-order valence-electron chi connectivity index (χ3n) is 3.12. The molecular formula is C15H12N4O2. The molecule has 0 atom stereocenters. The first kappa shape index (κ1) is 12.9. The zero-order chi connectivity index (χ0) is 14.8. The second kappa shape index (κ2) is 5.09. The van der Waals surface area contributed by atoms with Gasteiger partial charge in [-0.3, -0.25) is 9.59 Å². The van der Waals surface area contributed by atoms with Crippen molar-refractivity contribution in [2.24, 2.45) is 5.73 Å². The fourth-order valence-corrected chi connectivity index (χ4v) is 2.08. The highest BCUT2D eigenvalue weighted by atomic mass is 16.2. The number of rotatable bonds is 3. The maximum Gasteiger partial charge on any atom is 0.255 e. The molecule has 104 valence electrons. The molecule has 2 amide bonds. The first-order chi connectivity index (χ1) is 10.1. The van der Waals surface area contributed by atoms with Gasteiger partial charge in [0.25, 0.3) is 11.8 Å². The summed E-state index contributed by atoms with van der Waals surface area (Å²) in [5.41, 5.74) is 7.96. The van der Waals surface area contributed by atoms with Crippen molar-refractivity contribution in [3.63, 3.8) is 0 Å². The fourth-order valence-electron chi connectivity index (χ4n) is 2.08. The van der Waals surface area contributed by atoms with E-state index in [-0.39, 0.29) is 11.5 Å². The first-order valence-corrected chi connectivity index (χ1v) is 6.28. The first-order valence-electron chi connectivity index (χ1n) is 6.28. The number of carbonyl (C=O) groups is 2. The van der Waals surface area contributed by atoms with Crippen LogP contribution in [0.25, 0.3) is 11.0 Å². The van der Waals surface area contributed by atoms with Crippen molar-refractivity contribution >= 4 is 28.5 Å². The molecule has 0 aliphatic heterocycles. The Balaban J connectivity index is 1.91. The van der Waals surface area contributed by atoms with Crippen molar-refractivity contribution in [3.05, 3.63) is 59.9 Å². The molecule has 0 fully saturated rings. The lowest BCUT2D eigenvalue weighted by Gasteiger charge is -2.08. The van der Waals surface area contributed by atoms with E-state index in [1.807, 2.05) is 0 Å². The van der Waals surface area contributed by atoms with Gasteiger partial charge in [0.15, 0.2) is 0 Å². The Bertz CT molecular complexity index is 838. The summed E-state index contributed by atoms with van der Waals surface area (Å²) in [5.74, 6) is -0.907. The number of fused-ring (bicyclic) bond motifs is 1. The minimum Gasteiger partial charge on any atom is -0.366 e. The van der Waals surface area contributed by atoms with Crippen molar-refractivity contribution in [1.29, 1.82) is 0 Å². The van der Waals surface area contributed by atoms with E-state index >= 15 is 0 Å². The monoisotopic (exact) mass is 280 g/mol. The van der Waals surface area contributed by atoms with E-state index in [1.165, 1.54) is 0 Å². The van der Waals surface area contributed by atoms with Gasteiger partial charge in [-0.1, -0.05) is 12.1 Å². The highest BCUT2D eigenvalue weighted by Crippen LogP contribution is 2.17. The molecule has 21 heavy (non-hydrogen) atoms. The van der Waals surface area contributed by atoms with Crippen LogP contribution in [-0.4, -0.2) is 21.8 Å². The van der Waals surface area contributed by atoms with E-state index in [4.69, 9.17) is 5.73 Å². The zero-order valence-corrected chi connectivity index (χ0v) is 11.0. The number of nitrogens with one attached hydrogen (secondary N) is 2. The van der Waals surface area contributed by atoms with Crippen molar-refractivity contribution in [2.75, 3.05) is 5.32 Å².